The Labute approximate surface area is 113 Å². The monoisotopic (exact) mass is 300 g/mol. The van der Waals surface area contributed by atoms with Crippen LogP contribution in [0.5, 0.6) is 11.5 Å². The quantitative estimate of drug-likeness (QED) is 0.847. The number of benzene rings is 2. The summed E-state index contributed by atoms with van der Waals surface area (Å²) in [5, 5.41) is 5.03. The topological polar surface area (TPSA) is 95.4 Å². The molecule has 0 spiro atoms. The van der Waals surface area contributed by atoms with E-state index >= 15 is 0 Å². The zero-order chi connectivity index (χ0) is 14.9. The fourth-order valence-electron chi connectivity index (χ4n) is 1.51. The molecule has 2 rings (SSSR count). The van der Waals surface area contributed by atoms with Gasteiger partial charge < -0.3 is 10.5 Å². The molecule has 0 saturated heterocycles. The standard InChI is InChI=1S/C12H10F2N2O3S/c13-7-1-3-10(9(14)5-7)19-11-4-2-8(15)6-12(11)20(16,17)18/h1-6H,15H2,(H2,16,17,18). The minimum absolute atomic E-state index is 0.154. The molecule has 5 nitrogen and oxygen atoms in total. The van der Waals surface area contributed by atoms with Crippen molar-refractivity contribution in [1.82, 2.24) is 0 Å². The molecule has 8 heteroatoms. The average molecular weight is 300 g/mol. The van der Waals surface area contributed by atoms with Crippen LogP contribution in [0.25, 0.3) is 0 Å². The first-order valence-corrected chi connectivity index (χ1v) is 6.87. The van der Waals surface area contributed by atoms with Gasteiger partial charge in [0, 0.05) is 11.8 Å². The van der Waals surface area contributed by atoms with E-state index in [1.54, 1.807) is 0 Å². The highest BCUT2D eigenvalue weighted by molar-refractivity contribution is 7.89. The third-order valence-corrected chi connectivity index (χ3v) is 3.32. The number of rotatable bonds is 3. The third-order valence-electron chi connectivity index (χ3n) is 2.39. The molecule has 0 aromatic heterocycles. The molecule has 0 unspecified atom stereocenters. The van der Waals surface area contributed by atoms with E-state index in [0.717, 1.165) is 18.2 Å². The summed E-state index contributed by atoms with van der Waals surface area (Å²) in [6.45, 7) is 0. The van der Waals surface area contributed by atoms with Crippen LogP contribution in [-0.4, -0.2) is 8.42 Å². The van der Waals surface area contributed by atoms with Crippen molar-refractivity contribution < 1.29 is 21.9 Å². The largest absolute Gasteiger partial charge is 0.453 e. The van der Waals surface area contributed by atoms with Crippen LogP contribution in [0.2, 0.25) is 0 Å². The molecule has 0 amide bonds. The van der Waals surface area contributed by atoms with Crippen LogP contribution in [-0.2, 0) is 10.0 Å². The smallest absolute Gasteiger partial charge is 0.241 e. The Morgan fingerprint density at radius 1 is 1.00 bits per heavy atom. The van der Waals surface area contributed by atoms with Crippen molar-refractivity contribution in [3.63, 3.8) is 0 Å². The van der Waals surface area contributed by atoms with Gasteiger partial charge in [0.15, 0.2) is 11.6 Å². The highest BCUT2D eigenvalue weighted by Gasteiger charge is 2.17. The van der Waals surface area contributed by atoms with E-state index in [4.69, 9.17) is 15.6 Å². The number of nitrogen functional groups attached to an aromatic ring is 1. The molecule has 0 bridgehead atoms. The number of anilines is 1. The Morgan fingerprint density at radius 2 is 1.65 bits per heavy atom. The van der Waals surface area contributed by atoms with Gasteiger partial charge in [-0.2, -0.15) is 0 Å². The van der Waals surface area contributed by atoms with Crippen molar-refractivity contribution in [2.24, 2.45) is 5.14 Å². The molecule has 0 aliphatic rings. The lowest BCUT2D eigenvalue weighted by Crippen LogP contribution is -2.13. The van der Waals surface area contributed by atoms with E-state index in [2.05, 4.69) is 0 Å². The highest BCUT2D eigenvalue weighted by Crippen LogP contribution is 2.31. The summed E-state index contributed by atoms with van der Waals surface area (Å²) in [6, 6.07) is 6.32. The normalized spacial score (nSPS) is 11.3. The number of hydrogen-bond donors (Lipinski definition) is 2. The van der Waals surface area contributed by atoms with Gasteiger partial charge in [-0.15, -0.1) is 0 Å². The van der Waals surface area contributed by atoms with Gasteiger partial charge in [0.25, 0.3) is 0 Å². The Balaban J connectivity index is 2.49. The van der Waals surface area contributed by atoms with Gasteiger partial charge in [0.1, 0.15) is 16.5 Å². The van der Waals surface area contributed by atoms with E-state index in [1.165, 1.54) is 12.1 Å². The highest BCUT2D eigenvalue weighted by atomic mass is 32.2. The molecule has 20 heavy (non-hydrogen) atoms. The van der Waals surface area contributed by atoms with E-state index in [0.29, 0.717) is 6.07 Å². The molecule has 0 heterocycles. The lowest BCUT2D eigenvalue weighted by molar-refractivity contribution is 0.427. The number of ether oxygens (including phenoxy) is 1. The Hall–Kier alpha value is -2.19. The number of primary sulfonamides is 1. The molecule has 0 radical (unpaired) electrons. The van der Waals surface area contributed by atoms with Crippen molar-refractivity contribution in [3.05, 3.63) is 48.0 Å². The molecular formula is C12H10F2N2O3S. The number of hydrogen-bond acceptors (Lipinski definition) is 4. The molecule has 2 aromatic carbocycles. The fraction of sp³-hybridized carbons (Fsp3) is 0. The fourth-order valence-corrected chi connectivity index (χ4v) is 2.20. The lowest BCUT2D eigenvalue weighted by Gasteiger charge is -2.11. The zero-order valence-corrected chi connectivity index (χ0v) is 10.8. The molecule has 0 saturated carbocycles. The van der Waals surface area contributed by atoms with Crippen LogP contribution >= 0.6 is 0 Å². The molecule has 0 aliphatic carbocycles. The summed E-state index contributed by atoms with van der Waals surface area (Å²) in [6.07, 6.45) is 0. The molecule has 2 aromatic rings. The lowest BCUT2D eigenvalue weighted by atomic mass is 10.3. The maximum Gasteiger partial charge on any atom is 0.241 e. The van der Waals surface area contributed by atoms with Gasteiger partial charge in [0.2, 0.25) is 10.0 Å². The first-order valence-electron chi connectivity index (χ1n) is 5.32. The number of nitrogens with two attached hydrogens (primary N) is 2. The van der Waals surface area contributed by atoms with Crippen LogP contribution in [0.15, 0.2) is 41.3 Å². The van der Waals surface area contributed by atoms with Crippen molar-refractivity contribution in [1.29, 1.82) is 0 Å². The minimum atomic E-state index is -4.10. The van der Waals surface area contributed by atoms with Crippen LogP contribution in [0.3, 0.4) is 0 Å². The summed E-state index contributed by atoms with van der Waals surface area (Å²) >= 11 is 0. The van der Waals surface area contributed by atoms with E-state index in [-0.39, 0.29) is 22.1 Å². The van der Waals surface area contributed by atoms with Gasteiger partial charge in [-0.05, 0) is 30.3 Å². The van der Waals surface area contributed by atoms with Crippen molar-refractivity contribution >= 4 is 15.7 Å². The Bertz CT molecular complexity index is 763. The molecule has 106 valence electrons. The first kappa shape index (κ1) is 14.2. The predicted octanol–water partition coefficient (Wildman–Crippen LogP) is 1.99. The third kappa shape index (κ3) is 3.03. The van der Waals surface area contributed by atoms with Crippen LogP contribution in [0.4, 0.5) is 14.5 Å². The molecule has 0 atom stereocenters. The maximum atomic E-state index is 13.5. The molecule has 0 fully saturated rings. The van der Waals surface area contributed by atoms with Crippen molar-refractivity contribution in [2.75, 3.05) is 5.73 Å². The maximum absolute atomic E-state index is 13.5. The summed E-state index contributed by atoms with van der Waals surface area (Å²) in [4.78, 5) is -0.388. The number of sulfonamides is 1. The van der Waals surface area contributed by atoms with Gasteiger partial charge in [-0.25, -0.2) is 22.3 Å². The van der Waals surface area contributed by atoms with Gasteiger partial charge in [0.05, 0.1) is 0 Å². The molecule has 4 N–H and O–H groups in total. The van der Waals surface area contributed by atoms with E-state index in [9.17, 15) is 17.2 Å². The number of halogens is 2. The first-order chi connectivity index (χ1) is 9.27. The summed E-state index contributed by atoms with van der Waals surface area (Å²) in [5.74, 6) is -2.28. The van der Waals surface area contributed by atoms with E-state index in [1.807, 2.05) is 0 Å². The summed E-state index contributed by atoms with van der Waals surface area (Å²) in [5.41, 5.74) is 5.62. The second kappa shape index (κ2) is 5.06. The van der Waals surface area contributed by atoms with Gasteiger partial charge >= 0.3 is 0 Å². The SMILES string of the molecule is Nc1ccc(Oc2ccc(F)cc2F)c(S(N)(=O)=O)c1. The van der Waals surface area contributed by atoms with Crippen LogP contribution in [0.1, 0.15) is 0 Å². The Morgan fingerprint density at radius 3 is 2.25 bits per heavy atom. The molecule has 0 aliphatic heterocycles. The van der Waals surface area contributed by atoms with Crippen LogP contribution < -0.4 is 15.6 Å². The second-order valence-corrected chi connectivity index (χ2v) is 5.46. The van der Waals surface area contributed by atoms with Gasteiger partial charge in [-0.1, -0.05) is 0 Å². The van der Waals surface area contributed by atoms with E-state index < -0.39 is 21.7 Å². The minimum Gasteiger partial charge on any atom is -0.453 e. The molecular weight excluding hydrogens is 290 g/mol. The van der Waals surface area contributed by atoms with Crippen molar-refractivity contribution in [3.8, 4) is 11.5 Å². The summed E-state index contributed by atoms with van der Waals surface area (Å²) < 4.78 is 54.2. The summed E-state index contributed by atoms with van der Waals surface area (Å²) in [7, 11) is -4.10. The second-order valence-electron chi connectivity index (χ2n) is 3.93. The Kier molecular flexibility index (Phi) is 3.60. The average Bonchev–Trinajstić information content (AvgIpc) is 2.33. The van der Waals surface area contributed by atoms with Crippen molar-refractivity contribution in [2.45, 2.75) is 4.90 Å². The van der Waals surface area contributed by atoms with Crippen LogP contribution in [0, 0.1) is 11.6 Å². The predicted molar refractivity (Wildman–Crippen MR) is 68.7 cm³/mol. The van der Waals surface area contributed by atoms with Gasteiger partial charge in [-0.3, -0.25) is 0 Å². The zero-order valence-electron chi connectivity index (χ0n) is 10.0.